The molecule has 0 saturated heterocycles. The van der Waals surface area contributed by atoms with Crippen LogP contribution in [-0.4, -0.2) is 11.1 Å². The van der Waals surface area contributed by atoms with Gasteiger partial charge in [0.2, 0.25) is 0 Å². The zero-order valence-electron chi connectivity index (χ0n) is 9.33. The van der Waals surface area contributed by atoms with Crippen LogP contribution in [0.1, 0.15) is 66.0 Å². The second kappa shape index (κ2) is 3.40. The molecular weight excluding hydrogens is 192 g/mol. The lowest BCUT2D eigenvalue weighted by Gasteiger charge is -2.04. The predicted octanol–water partition coefficient (Wildman–Crippen LogP) is 3.29. The third kappa shape index (κ3) is 1.66. The van der Waals surface area contributed by atoms with Gasteiger partial charge in [-0.25, -0.2) is 4.79 Å². The van der Waals surface area contributed by atoms with E-state index >= 15 is 0 Å². The number of hydrogen-bond donors (Lipinski definition) is 1. The van der Waals surface area contributed by atoms with Crippen molar-refractivity contribution in [1.82, 2.24) is 0 Å². The van der Waals surface area contributed by atoms with Crippen LogP contribution in [0.25, 0.3) is 0 Å². The minimum Gasteiger partial charge on any atom is -0.478 e. The third-order valence-corrected chi connectivity index (χ3v) is 2.90. The largest absolute Gasteiger partial charge is 0.478 e. The highest BCUT2D eigenvalue weighted by atomic mass is 16.4. The maximum absolute atomic E-state index is 11.2. The van der Waals surface area contributed by atoms with E-state index in [-0.39, 0.29) is 5.92 Å². The molecule has 0 aromatic carbocycles. The van der Waals surface area contributed by atoms with Gasteiger partial charge in [-0.3, -0.25) is 0 Å². The smallest absolute Gasteiger partial charge is 0.339 e. The van der Waals surface area contributed by atoms with Crippen LogP contribution in [0.15, 0.2) is 4.42 Å². The van der Waals surface area contributed by atoms with Crippen molar-refractivity contribution in [3.8, 4) is 0 Å². The monoisotopic (exact) mass is 208 g/mol. The first-order valence-electron chi connectivity index (χ1n) is 5.38. The number of carbonyl (C=O) groups is 1. The topological polar surface area (TPSA) is 50.4 Å². The first kappa shape index (κ1) is 10.3. The van der Waals surface area contributed by atoms with Crippen molar-refractivity contribution in [3.05, 3.63) is 22.6 Å². The summed E-state index contributed by atoms with van der Waals surface area (Å²) in [4.78, 5) is 11.2. The molecule has 0 spiro atoms. The summed E-state index contributed by atoms with van der Waals surface area (Å²) in [7, 11) is 0. The quantitative estimate of drug-likeness (QED) is 0.829. The highest BCUT2D eigenvalue weighted by Gasteiger charge is 2.35. The van der Waals surface area contributed by atoms with Gasteiger partial charge in [-0.15, -0.1) is 0 Å². The zero-order chi connectivity index (χ0) is 11.2. The van der Waals surface area contributed by atoms with Crippen LogP contribution in [0.3, 0.4) is 0 Å². The number of carboxylic acids is 1. The zero-order valence-corrected chi connectivity index (χ0v) is 9.33. The van der Waals surface area contributed by atoms with Crippen LogP contribution in [0.5, 0.6) is 0 Å². The molecule has 0 radical (unpaired) electrons. The number of hydrogen-bond acceptors (Lipinski definition) is 2. The Morgan fingerprint density at radius 3 is 2.47 bits per heavy atom. The van der Waals surface area contributed by atoms with Gasteiger partial charge in [-0.2, -0.15) is 0 Å². The Bertz CT molecular complexity index is 397. The van der Waals surface area contributed by atoms with E-state index in [9.17, 15) is 9.90 Å². The molecule has 1 aliphatic carbocycles. The molecule has 15 heavy (non-hydrogen) atoms. The Kier molecular flexibility index (Phi) is 2.33. The maximum Gasteiger partial charge on any atom is 0.339 e. The van der Waals surface area contributed by atoms with E-state index in [1.807, 2.05) is 20.8 Å². The Hall–Kier alpha value is -1.25. The molecule has 1 heterocycles. The summed E-state index contributed by atoms with van der Waals surface area (Å²) >= 11 is 0. The lowest BCUT2D eigenvalue weighted by Crippen LogP contribution is -2.04. The second-order valence-corrected chi connectivity index (χ2v) is 4.55. The Morgan fingerprint density at radius 1 is 1.47 bits per heavy atom. The standard InChI is InChI=1S/C12H16O3/c1-6(2)9-7(3)15-11(8-4-5-8)10(9)12(13)14/h6,8H,4-5H2,1-3H3,(H,13,14). The van der Waals surface area contributed by atoms with Gasteiger partial charge < -0.3 is 9.52 Å². The van der Waals surface area contributed by atoms with Gasteiger partial charge in [-0.05, 0) is 25.7 Å². The minimum atomic E-state index is -0.850. The summed E-state index contributed by atoms with van der Waals surface area (Å²) in [5, 5.41) is 9.23. The summed E-state index contributed by atoms with van der Waals surface area (Å²) < 4.78 is 5.61. The van der Waals surface area contributed by atoms with Crippen molar-refractivity contribution < 1.29 is 14.3 Å². The lowest BCUT2D eigenvalue weighted by molar-refractivity contribution is 0.0693. The van der Waals surface area contributed by atoms with Crippen LogP contribution in [0.4, 0.5) is 0 Å². The SMILES string of the molecule is Cc1oc(C2CC2)c(C(=O)O)c1C(C)C. The molecule has 2 rings (SSSR count). The molecule has 82 valence electrons. The molecular formula is C12H16O3. The fourth-order valence-corrected chi connectivity index (χ4v) is 2.13. The number of furan rings is 1. The van der Waals surface area contributed by atoms with Crippen molar-refractivity contribution in [2.24, 2.45) is 0 Å². The molecule has 0 bridgehead atoms. The molecule has 3 heteroatoms. The van der Waals surface area contributed by atoms with E-state index < -0.39 is 5.97 Å². The normalized spacial score (nSPS) is 16.0. The van der Waals surface area contributed by atoms with Gasteiger partial charge in [0.1, 0.15) is 17.1 Å². The molecule has 0 atom stereocenters. The Morgan fingerprint density at radius 2 is 2.07 bits per heavy atom. The van der Waals surface area contributed by atoms with Crippen molar-refractivity contribution in [2.45, 2.75) is 45.4 Å². The van der Waals surface area contributed by atoms with Crippen LogP contribution in [-0.2, 0) is 0 Å². The van der Waals surface area contributed by atoms with Crippen LogP contribution >= 0.6 is 0 Å². The molecule has 3 nitrogen and oxygen atoms in total. The molecule has 1 aliphatic rings. The molecule has 1 aromatic heterocycles. The summed E-state index contributed by atoms with van der Waals surface area (Å²) in [6.07, 6.45) is 2.12. The molecule has 0 amide bonds. The van der Waals surface area contributed by atoms with Gasteiger partial charge in [0, 0.05) is 11.5 Å². The van der Waals surface area contributed by atoms with E-state index in [4.69, 9.17) is 4.42 Å². The summed E-state index contributed by atoms with van der Waals surface area (Å²) in [5.41, 5.74) is 1.29. The molecule has 0 aliphatic heterocycles. The van der Waals surface area contributed by atoms with Crippen molar-refractivity contribution in [2.75, 3.05) is 0 Å². The van der Waals surface area contributed by atoms with Crippen LogP contribution in [0, 0.1) is 6.92 Å². The Labute approximate surface area is 89.1 Å². The number of aryl methyl sites for hydroxylation is 1. The minimum absolute atomic E-state index is 0.201. The van der Waals surface area contributed by atoms with Gasteiger partial charge >= 0.3 is 5.97 Å². The van der Waals surface area contributed by atoms with E-state index in [1.54, 1.807) is 0 Å². The first-order chi connectivity index (χ1) is 7.02. The van der Waals surface area contributed by atoms with Crippen molar-refractivity contribution in [3.63, 3.8) is 0 Å². The predicted molar refractivity (Wildman–Crippen MR) is 56.5 cm³/mol. The highest BCUT2D eigenvalue weighted by Crippen LogP contribution is 2.45. The number of aromatic carboxylic acids is 1. The lowest BCUT2D eigenvalue weighted by atomic mass is 9.97. The average Bonchev–Trinajstić information content (AvgIpc) is 2.88. The molecule has 0 unspecified atom stereocenters. The fraction of sp³-hybridized carbons (Fsp3) is 0.583. The van der Waals surface area contributed by atoms with Crippen molar-refractivity contribution in [1.29, 1.82) is 0 Å². The third-order valence-electron chi connectivity index (χ3n) is 2.90. The van der Waals surface area contributed by atoms with E-state index in [0.717, 1.165) is 24.2 Å². The number of rotatable bonds is 3. The van der Waals surface area contributed by atoms with E-state index in [2.05, 4.69) is 0 Å². The number of carboxylic acid groups (broad SMARTS) is 1. The average molecular weight is 208 g/mol. The van der Waals surface area contributed by atoms with E-state index in [1.165, 1.54) is 0 Å². The van der Waals surface area contributed by atoms with Crippen LogP contribution < -0.4 is 0 Å². The van der Waals surface area contributed by atoms with Crippen LogP contribution in [0.2, 0.25) is 0 Å². The van der Waals surface area contributed by atoms with Gasteiger partial charge in [0.15, 0.2) is 0 Å². The van der Waals surface area contributed by atoms with Gasteiger partial charge in [-0.1, -0.05) is 13.8 Å². The second-order valence-electron chi connectivity index (χ2n) is 4.55. The van der Waals surface area contributed by atoms with Gasteiger partial charge in [0.25, 0.3) is 0 Å². The van der Waals surface area contributed by atoms with Gasteiger partial charge in [0.05, 0.1) is 0 Å². The molecule has 1 fully saturated rings. The Balaban J connectivity index is 2.56. The van der Waals surface area contributed by atoms with E-state index in [0.29, 0.717) is 17.2 Å². The molecule has 1 N–H and O–H groups in total. The summed E-state index contributed by atoms with van der Waals surface area (Å²) in [5.74, 6) is 1.17. The summed E-state index contributed by atoms with van der Waals surface area (Å²) in [6, 6.07) is 0. The summed E-state index contributed by atoms with van der Waals surface area (Å²) in [6.45, 7) is 5.86. The molecule has 1 aromatic rings. The fourth-order valence-electron chi connectivity index (χ4n) is 2.13. The van der Waals surface area contributed by atoms with Crippen molar-refractivity contribution >= 4 is 5.97 Å². The highest BCUT2D eigenvalue weighted by molar-refractivity contribution is 5.91. The maximum atomic E-state index is 11.2. The first-order valence-corrected chi connectivity index (χ1v) is 5.38. The molecule has 1 saturated carbocycles.